The van der Waals surface area contributed by atoms with E-state index in [1.165, 1.54) is 0 Å². The van der Waals surface area contributed by atoms with Gasteiger partial charge >= 0.3 is 11.9 Å². The third kappa shape index (κ3) is 5.13. The van der Waals surface area contributed by atoms with Crippen LogP contribution in [0, 0.1) is 0 Å². The van der Waals surface area contributed by atoms with Crippen LogP contribution in [-0.2, 0) is 16.2 Å². The maximum Gasteiger partial charge on any atom is 0.352 e. The van der Waals surface area contributed by atoms with Crippen LogP contribution in [0.4, 0.5) is 5.69 Å². The van der Waals surface area contributed by atoms with Crippen LogP contribution in [0.1, 0.15) is 5.56 Å². The Morgan fingerprint density at radius 1 is 1.12 bits per heavy atom. The summed E-state index contributed by atoms with van der Waals surface area (Å²) in [4.78, 5) is 21.9. The first-order valence-electron chi connectivity index (χ1n) is 6.87. The molecular weight excluding hydrogens is 378 g/mol. The highest BCUT2D eigenvalue weighted by Crippen LogP contribution is 2.30. The zero-order chi connectivity index (χ0) is 17.5. The molecule has 0 heterocycles. The first-order chi connectivity index (χ1) is 11.5. The van der Waals surface area contributed by atoms with E-state index < -0.39 is 17.6 Å². The topological polar surface area (TPSA) is 95.9 Å². The molecule has 0 saturated carbocycles. The number of carboxylic acid groups (broad SMARTS) is 2. The van der Waals surface area contributed by atoms with E-state index in [0.717, 1.165) is 10.0 Å². The van der Waals surface area contributed by atoms with Gasteiger partial charge in [0.05, 0.1) is 11.8 Å². The van der Waals surface area contributed by atoms with E-state index in [9.17, 15) is 9.59 Å². The molecule has 0 fully saturated rings. The lowest BCUT2D eigenvalue weighted by Crippen LogP contribution is -2.13. The van der Waals surface area contributed by atoms with Crippen molar-refractivity contribution in [2.75, 3.05) is 5.32 Å². The number of hydrogen-bond acceptors (Lipinski definition) is 4. The van der Waals surface area contributed by atoms with Gasteiger partial charge in [0.1, 0.15) is 18.1 Å². The van der Waals surface area contributed by atoms with Crippen LogP contribution in [0.5, 0.6) is 5.75 Å². The molecule has 0 atom stereocenters. The molecule has 124 valence electrons. The number of rotatable bonds is 7. The lowest BCUT2D eigenvalue weighted by molar-refractivity contribution is -0.134. The molecule has 0 saturated heterocycles. The molecule has 0 aliphatic heterocycles. The Bertz CT molecular complexity index is 774. The third-order valence-corrected chi connectivity index (χ3v) is 3.44. The first kappa shape index (κ1) is 17.6. The molecule has 0 amide bonds. The van der Waals surface area contributed by atoms with E-state index in [1.807, 2.05) is 30.3 Å². The fraction of sp³-hybridized carbons (Fsp3) is 0.0588. The van der Waals surface area contributed by atoms with Gasteiger partial charge in [-0.25, -0.2) is 9.59 Å². The average Bonchev–Trinajstić information content (AvgIpc) is 2.54. The Balaban J connectivity index is 2.23. The number of nitrogens with one attached hydrogen (secondary N) is 1. The quantitative estimate of drug-likeness (QED) is 0.625. The van der Waals surface area contributed by atoms with Crippen LogP contribution < -0.4 is 10.1 Å². The molecule has 2 rings (SSSR count). The van der Waals surface area contributed by atoms with Crippen molar-refractivity contribution in [3.8, 4) is 5.75 Å². The van der Waals surface area contributed by atoms with E-state index in [2.05, 4.69) is 21.2 Å². The Morgan fingerprint density at radius 2 is 1.83 bits per heavy atom. The minimum atomic E-state index is -1.38. The van der Waals surface area contributed by atoms with Crippen LogP contribution in [0.3, 0.4) is 0 Å². The predicted molar refractivity (Wildman–Crippen MR) is 91.9 cm³/mol. The van der Waals surface area contributed by atoms with Gasteiger partial charge in [0.15, 0.2) is 0 Å². The molecule has 0 aliphatic rings. The maximum atomic E-state index is 11.2. The molecule has 6 nitrogen and oxygen atoms in total. The number of ether oxygens (including phenoxy) is 1. The largest absolute Gasteiger partial charge is 0.487 e. The van der Waals surface area contributed by atoms with Gasteiger partial charge in [0.25, 0.3) is 0 Å². The maximum absolute atomic E-state index is 11.2. The zero-order valence-electron chi connectivity index (χ0n) is 12.4. The van der Waals surface area contributed by atoms with Crippen molar-refractivity contribution in [2.45, 2.75) is 6.61 Å². The van der Waals surface area contributed by atoms with Gasteiger partial charge in [0, 0.05) is 4.47 Å². The van der Waals surface area contributed by atoms with Crippen molar-refractivity contribution in [1.82, 2.24) is 0 Å². The zero-order valence-corrected chi connectivity index (χ0v) is 14.0. The van der Waals surface area contributed by atoms with Crippen LogP contribution in [0.2, 0.25) is 0 Å². The van der Waals surface area contributed by atoms with Gasteiger partial charge in [0.2, 0.25) is 0 Å². The molecule has 0 aromatic heterocycles. The summed E-state index contributed by atoms with van der Waals surface area (Å²) < 4.78 is 6.48. The van der Waals surface area contributed by atoms with E-state index >= 15 is 0 Å². The molecule has 0 radical (unpaired) electrons. The smallest absolute Gasteiger partial charge is 0.352 e. The molecule has 3 N–H and O–H groups in total. The van der Waals surface area contributed by atoms with Crippen LogP contribution >= 0.6 is 15.9 Å². The molecule has 0 unspecified atom stereocenters. The van der Waals surface area contributed by atoms with Crippen LogP contribution in [-0.4, -0.2) is 22.2 Å². The number of hydrogen-bond donors (Lipinski definition) is 3. The second-order valence-corrected chi connectivity index (χ2v) is 5.66. The minimum Gasteiger partial charge on any atom is -0.487 e. The van der Waals surface area contributed by atoms with E-state index in [-0.39, 0.29) is 6.61 Å². The fourth-order valence-corrected chi connectivity index (χ4v) is 2.21. The van der Waals surface area contributed by atoms with Crippen LogP contribution in [0.25, 0.3) is 0 Å². The Morgan fingerprint density at radius 3 is 2.46 bits per heavy atom. The van der Waals surface area contributed by atoms with Gasteiger partial charge in [-0.1, -0.05) is 46.3 Å². The number of halogens is 1. The molecule has 0 spiro atoms. The highest BCUT2D eigenvalue weighted by atomic mass is 79.9. The van der Waals surface area contributed by atoms with Crippen molar-refractivity contribution < 1.29 is 24.5 Å². The number of benzene rings is 2. The molecule has 24 heavy (non-hydrogen) atoms. The summed E-state index contributed by atoms with van der Waals surface area (Å²) in [6.45, 7) is 0.289. The minimum absolute atomic E-state index is 0.289. The van der Waals surface area contributed by atoms with Gasteiger partial charge in [-0.2, -0.15) is 0 Å². The highest BCUT2D eigenvalue weighted by Gasteiger charge is 2.13. The molecule has 0 bridgehead atoms. The summed E-state index contributed by atoms with van der Waals surface area (Å²) in [6, 6.07) is 14.4. The van der Waals surface area contributed by atoms with Crippen molar-refractivity contribution in [3.05, 3.63) is 70.3 Å². The monoisotopic (exact) mass is 391 g/mol. The Hall–Kier alpha value is -2.80. The van der Waals surface area contributed by atoms with Crippen LogP contribution in [0.15, 0.2) is 64.8 Å². The molecule has 2 aromatic carbocycles. The summed E-state index contributed by atoms with van der Waals surface area (Å²) >= 11 is 3.33. The van der Waals surface area contributed by atoms with Crippen molar-refractivity contribution in [1.29, 1.82) is 0 Å². The summed E-state index contributed by atoms with van der Waals surface area (Å²) in [7, 11) is 0. The third-order valence-electron chi connectivity index (χ3n) is 2.95. The van der Waals surface area contributed by atoms with Crippen molar-refractivity contribution in [3.63, 3.8) is 0 Å². The molecule has 2 aromatic rings. The normalized spacial score (nSPS) is 11.0. The molecule has 7 heteroatoms. The second-order valence-electron chi connectivity index (χ2n) is 4.74. The summed E-state index contributed by atoms with van der Waals surface area (Å²) in [6.07, 6.45) is 0.589. The van der Waals surface area contributed by atoms with Crippen molar-refractivity contribution in [2.24, 2.45) is 0 Å². The van der Waals surface area contributed by atoms with Gasteiger partial charge < -0.3 is 20.3 Å². The standard InChI is InChI=1S/C17H14BrNO5/c18-12-6-7-13(19-14(17(22)23)9-16(20)21)15(8-12)24-10-11-4-2-1-3-5-11/h1-9,19H,10H2,(H,20,21)(H,22,23)/b14-9-. The predicted octanol–water partition coefficient (Wildman–Crippen LogP) is 3.49. The van der Waals surface area contributed by atoms with Crippen molar-refractivity contribution >= 4 is 33.6 Å². The van der Waals surface area contributed by atoms with Gasteiger partial charge in [-0.15, -0.1) is 0 Å². The number of carbonyl (C=O) groups is 2. The lowest BCUT2D eigenvalue weighted by atomic mass is 10.2. The lowest BCUT2D eigenvalue weighted by Gasteiger charge is -2.14. The SMILES string of the molecule is O=C(O)/C=C(\Nc1ccc(Br)cc1OCc1ccccc1)C(=O)O. The van der Waals surface area contributed by atoms with Gasteiger partial charge in [-0.3, -0.25) is 0 Å². The van der Waals surface area contributed by atoms with E-state index in [1.54, 1.807) is 18.2 Å². The average molecular weight is 392 g/mol. The number of carboxylic acids is 2. The second kappa shape index (κ2) is 8.16. The molecule has 0 aliphatic carbocycles. The first-order valence-corrected chi connectivity index (χ1v) is 7.66. The van der Waals surface area contributed by atoms with E-state index in [0.29, 0.717) is 17.5 Å². The summed E-state index contributed by atoms with van der Waals surface area (Å²) in [5.41, 5.74) is 0.835. The summed E-state index contributed by atoms with van der Waals surface area (Å²) in [5.74, 6) is -2.34. The summed E-state index contributed by atoms with van der Waals surface area (Å²) in [5, 5.41) is 20.4. The number of aliphatic carboxylic acids is 2. The van der Waals surface area contributed by atoms with E-state index in [4.69, 9.17) is 14.9 Å². The Labute approximate surface area is 146 Å². The van der Waals surface area contributed by atoms with Gasteiger partial charge in [-0.05, 0) is 23.8 Å². The number of anilines is 1. The molecular formula is C17H14BrNO5. The highest BCUT2D eigenvalue weighted by molar-refractivity contribution is 9.10. The Kier molecular flexibility index (Phi) is 5.97. The fourth-order valence-electron chi connectivity index (χ4n) is 1.87.